The van der Waals surface area contributed by atoms with Crippen LogP contribution in [0.15, 0.2) is 29.4 Å². The van der Waals surface area contributed by atoms with Crippen LogP contribution in [0.3, 0.4) is 0 Å². The lowest BCUT2D eigenvalue weighted by Crippen LogP contribution is -2.23. The molecule has 1 amide bonds. The largest absolute Gasteiger partial charge is 0.481 e. The summed E-state index contributed by atoms with van der Waals surface area (Å²) >= 11 is 1.17. The molecule has 7 heteroatoms. The summed E-state index contributed by atoms with van der Waals surface area (Å²) in [6, 6.07) is 7.58. The van der Waals surface area contributed by atoms with Gasteiger partial charge in [-0.3, -0.25) is 9.59 Å². The Bertz CT molecular complexity index is 654. The van der Waals surface area contributed by atoms with Gasteiger partial charge in [0.2, 0.25) is 5.91 Å². The van der Waals surface area contributed by atoms with Gasteiger partial charge in [0.25, 0.3) is 0 Å². The first-order valence-corrected chi connectivity index (χ1v) is 7.67. The van der Waals surface area contributed by atoms with Crippen LogP contribution < -0.4 is 5.32 Å². The highest BCUT2D eigenvalue weighted by atomic mass is 32.2. The molecule has 6 nitrogen and oxygen atoms in total. The van der Waals surface area contributed by atoms with Gasteiger partial charge in [0.15, 0.2) is 5.16 Å². The monoisotopic (exact) mass is 307 g/mol. The molecule has 2 N–H and O–H groups in total. The van der Waals surface area contributed by atoms with Gasteiger partial charge in [-0.1, -0.05) is 23.9 Å². The molecule has 2 aromatic rings. The third-order valence-electron chi connectivity index (χ3n) is 2.88. The van der Waals surface area contributed by atoms with Crippen LogP contribution in [0.25, 0.3) is 11.0 Å². The van der Waals surface area contributed by atoms with Crippen molar-refractivity contribution >= 4 is 34.7 Å². The number of para-hydroxylation sites is 2. The van der Waals surface area contributed by atoms with E-state index in [0.717, 1.165) is 11.0 Å². The molecule has 1 aromatic heterocycles. The number of aliphatic carboxylic acids is 1. The van der Waals surface area contributed by atoms with Crippen LogP contribution in [-0.2, 0) is 16.1 Å². The lowest BCUT2D eigenvalue weighted by Gasteiger charge is -2.08. The number of nitrogens with one attached hydrogen (secondary N) is 1. The molecule has 0 saturated carbocycles. The number of amides is 1. The fourth-order valence-electron chi connectivity index (χ4n) is 2.00. The normalized spacial score (nSPS) is 10.7. The fourth-order valence-corrected chi connectivity index (χ4v) is 2.77. The molecule has 2 rings (SSSR count). The predicted molar refractivity (Wildman–Crippen MR) is 81.4 cm³/mol. The minimum absolute atomic E-state index is 0.0236. The average molecular weight is 307 g/mol. The van der Waals surface area contributed by atoms with E-state index < -0.39 is 5.97 Å². The molecule has 0 saturated heterocycles. The van der Waals surface area contributed by atoms with Crippen LogP contribution in [0.2, 0.25) is 0 Å². The topological polar surface area (TPSA) is 84.2 Å². The maximum Gasteiger partial charge on any atom is 0.313 e. The molecule has 112 valence electrons. The van der Waals surface area contributed by atoms with Crippen LogP contribution in [-0.4, -0.2) is 38.8 Å². The van der Waals surface area contributed by atoms with Gasteiger partial charge in [0.05, 0.1) is 16.8 Å². The van der Waals surface area contributed by atoms with Gasteiger partial charge in [-0.15, -0.1) is 0 Å². The number of hydrogen-bond acceptors (Lipinski definition) is 4. The van der Waals surface area contributed by atoms with Crippen LogP contribution in [0.1, 0.15) is 13.3 Å². The minimum atomic E-state index is -0.887. The summed E-state index contributed by atoms with van der Waals surface area (Å²) in [6.07, 6.45) is 0.342. The number of aryl methyl sites for hydroxylation is 1. The molecule has 1 aromatic carbocycles. The van der Waals surface area contributed by atoms with Gasteiger partial charge in [-0.05, 0) is 19.1 Å². The van der Waals surface area contributed by atoms with Gasteiger partial charge in [-0.2, -0.15) is 0 Å². The quantitative estimate of drug-likeness (QED) is 0.761. The number of hydrogen-bond donors (Lipinski definition) is 2. The lowest BCUT2D eigenvalue weighted by molar-refractivity contribution is -0.134. The number of thioether (sulfide) groups is 1. The second-order valence-corrected chi connectivity index (χ2v) is 5.36. The number of nitrogens with zero attached hydrogens (tertiary/aromatic N) is 2. The summed E-state index contributed by atoms with van der Waals surface area (Å²) in [5, 5.41) is 12.2. The van der Waals surface area contributed by atoms with E-state index in [4.69, 9.17) is 5.11 Å². The first kappa shape index (κ1) is 15.4. The Morgan fingerprint density at radius 1 is 1.38 bits per heavy atom. The molecule has 0 bridgehead atoms. The summed E-state index contributed by atoms with van der Waals surface area (Å²) in [6.45, 7) is 2.96. The van der Waals surface area contributed by atoms with E-state index in [1.165, 1.54) is 11.8 Å². The van der Waals surface area contributed by atoms with E-state index >= 15 is 0 Å². The van der Waals surface area contributed by atoms with Crippen LogP contribution in [0, 0.1) is 0 Å². The van der Waals surface area contributed by atoms with Crippen molar-refractivity contribution in [3.63, 3.8) is 0 Å². The fraction of sp³-hybridized carbons (Fsp3) is 0.357. The van der Waals surface area contributed by atoms with Crippen molar-refractivity contribution in [2.75, 3.05) is 12.3 Å². The van der Waals surface area contributed by atoms with E-state index in [1.54, 1.807) is 0 Å². The predicted octanol–water partition coefficient (Wildman–Crippen LogP) is 1.74. The Hall–Kier alpha value is -2.02. The third kappa shape index (κ3) is 3.98. The van der Waals surface area contributed by atoms with Crippen LogP contribution >= 0.6 is 11.8 Å². The van der Waals surface area contributed by atoms with E-state index in [9.17, 15) is 9.59 Å². The Balaban J connectivity index is 2.22. The maximum absolute atomic E-state index is 11.6. The van der Waals surface area contributed by atoms with Crippen molar-refractivity contribution in [2.45, 2.75) is 25.0 Å². The van der Waals surface area contributed by atoms with E-state index in [2.05, 4.69) is 10.3 Å². The number of carbonyl (C=O) groups excluding carboxylic acids is 1. The van der Waals surface area contributed by atoms with E-state index in [0.29, 0.717) is 24.7 Å². The van der Waals surface area contributed by atoms with Gasteiger partial charge in [-0.25, -0.2) is 4.98 Å². The Morgan fingerprint density at radius 2 is 2.14 bits per heavy atom. The zero-order chi connectivity index (χ0) is 15.2. The molecular weight excluding hydrogens is 290 g/mol. The van der Waals surface area contributed by atoms with Gasteiger partial charge < -0.3 is 15.0 Å². The zero-order valence-electron chi connectivity index (χ0n) is 11.7. The molecule has 0 radical (unpaired) electrons. The minimum Gasteiger partial charge on any atom is -0.481 e. The highest BCUT2D eigenvalue weighted by molar-refractivity contribution is 7.99. The lowest BCUT2D eigenvalue weighted by atomic mass is 10.3. The SMILES string of the molecule is CCNC(=O)CCn1c(SCC(=O)O)nc2ccccc21. The molecule has 0 unspecified atom stereocenters. The molecule has 1 heterocycles. The van der Waals surface area contributed by atoms with Crippen molar-refractivity contribution in [2.24, 2.45) is 0 Å². The van der Waals surface area contributed by atoms with Gasteiger partial charge in [0.1, 0.15) is 0 Å². The summed E-state index contributed by atoms with van der Waals surface area (Å²) in [4.78, 5) is 26.8. The number of imidazole rings is 1. The van der Waals surface area contributed by atoms with Crippen molar-refractivity contribution in [3.8, 4) is 0 Å². The van der Waals surface area contributed by atoms with Crippen molar-refractivity contribution in [1.29, 1.82) is 0 Å². The van der Waals surface area contributed by atoms with Crippen LogP contribution in [0.4, 0.5) is 0 Å². The number of aromatic nitrogens is 2. The summed E-state index contributed by atoms with van der Waals surface area (Å²) in [5.41, 5.74) is 1.72. The Kier molecular flexibility index (Phi) is 5.21. The van der Waals surface area contributed by atoms with Crippen LogP contribution in [0.5, 0.6) is 0 Å². The zero-order valence-corrected chi connectivity index (χ0v) is 12.5. The second-order valence-electron chi connectivity index (χ2n) is 4.42. The first-order valence-electron chi connectivity index (χ1n) is 6.68. The molecule has 21 heavy (non-hydrogen) atoms. The number of rotatable bonds is 7. The molecular formula is C14H17N3O3S. The third-order valence-corrected chi connectivity index (χ3v) is 3.84. The Labute approximate surface area is 126 Å². The van der Waals surface area contributed by atoms with Crippen molar-refractivity contribution < 1.29 is 14.7 Å². The van der Waals surface area contributed by atoms with Gasteiger partial charge >= 0.3 is 5.97 Å². The number of carboxylic acids is 1. The number of carboxylic acid groups (broad SMARTS) is 1. The summed E-state index contributed by atoms with van der Waals surface area (Å²) in [7, 11) is 0. The first-order chi connectivity index (χ1) is 10.1. The van der Waals surface area contributed by atoms with E-state index in [-0.39, 0.29) is 11.7 Å². The molecule has 0 aliphatic carbocycles. The summed E-state index contributed by atoms with van der Waals surface area (Å²) in [5.74, 6) is -0.961. The smallest absolute Gasteiger partial charge is 0.313 e. The average Bonchev–Trinajstić information content (AvgIpc) is 2.81. The highest BCUT2D eigenvalue weighted by Crippen LogP contribution is 2.24. The molecule has 0 atom stereocenters. The number of carbonyl (C=O) groups is 2. The maximum atomic E-state index is 11.6. The molecule has 0 spiro atoms. The number of fused-ring (bicyclic) bond motifs is 1. The second kappa shape index (κ2) is 7.12. The molecule has 0 aliphatic heterocycles. The molecule has 0 fully saturated rings. The van der Waals surface area contributed by atoms with Gasteiger partial charge in [0, 0.05) is 19.5 Å². The summed E-state index contributed by atoms with van der Waals surface area (Å²) < 4.78 is 1.90. The van der Waals surface area contributed by atoms with Crippen molar-refractivity contribution in [3.05, 3.63) is 24.3 Å². The van der Waals surface area contributed by atoms with Crippen molar-refractivity contribution in [1.82, 2.24) is 14.9 Å². The highest BCUT2D eigenvalue weighted by Gasteiger charge is 2.13. The number of benzene rings is 1. The van der Waals surface area contributed by atoms with E-state index in [1.807, 2.05) is 35.8 Å². The standard InChI is InChI=1S/C14H17N3O3S/c1-2-15-12(18)7-8-17-11-6-4-3-5-10(11)16-14(17)21-9-13(19)20/h3-6H,2,7-9H2,1H3,(H,15,18)(H,19,20). The molecule has 0 aliphatic rings. The Morgan fingerprint density at radius 3 is 2.86 bits per heavy atom.